The van der Waals surface area contributed by atoms with Gasteiger partial charge < -0.3 is 39.9 Å². The van der Waals surface area contributed by atoms with Crippen LogP contribution in [0.4, 0.5) is 9.59 Å². The zero-order valence-electron chi connectivity index (χ0n) is 31.5. The van der Waals surface area contributed by atoms with Crippen LogP contribution in [0.1, 0.15) is 87.2 Å². The van der Waals surface area contributed by atoms with Crippen LogP contribution in [0.2, 0.25) is 0 Å². The first-order chi connectivity index (χ1) is 26.6. The molecule has 2 saturated heterocycles. The first kappa shape index (κ1) is 37.2. The van der Waals surface area contributed by atoms with Gasteiger partial charge in [0.1, 0.15) is 23.2 Å². The van der Waals surface area contributed by atoms with Crippen molar-refractivity contribution in [1.29, 1.82) is 0 Å². The number of carbonyl (C=O) groups excluding carboxylic acids is 4. The van der Waals surface area contributed by atoms with Crippen molar-refractivity contribution < 1.29 is 28.7 Å². The van der Waals surface area contributed by atoms with E-state index in [4.69, 9.17) is 9.47 Å². The molecule has 0 spiro atoms. The number of carbonyl (C=O) groups is 4. The summed E-state index contributed by atoms with van der Waals surface area (Å²) in [5.74, 6) is 7.74. The van der Waals surface area contributed by atoms with Gasteiger partial charge in [-0.3, -0.25) is 9.59 Å². The number of alkyl carbamates (subject to hydrolysis) is 2. The molecule has 4 N–H and O–H groups in total. The van der Waals surface area contributed by atoms with E-state index in [2.05, 4.69) is 42.4 Å². The number of H-pyrrole nitrogens is 2. The number of likely N-dealkylation sites (tertiary alicyclic amines) is 2. The average molecular weight is 747 g/mol. The predicted molar refractivity (Wildman–Crippen MR) is 203 cm³/mol. The van der Waals surface area contributed by atoms with E-state index in [9.17, 15) is 19.2 Å². The van der Waals surface area contributed by atoms with E-state index in [1.807, 2.05) is 67.3 Å². The molecule has 14 heteroatoms. The number of hydrogen-bond donors (Lipinski definition) is 4. The topological polar surface area (TPSA) is 175 Å². The van der Waals surface area contributed by atoms with Crippen LogP contribution in [0.25, 0.3) is 22.5 Å². The molecule has 0 bridgehead atoms. The van der Waals surface area contributed by atoms with E-state index in [0.29, 0.717) is 31.8 Å². The average Bonchev–Trinajstić information content (AvgIpc) is 3.89. The van der Waals surface area contributed by atoms with E-state index >= 15 is 0 Å². The van der Waals surface area contributed by atoms with Crippen molar-refractivity contribution in [3.8, 4) is 34.4 Å². The Balaban J connectivity index is 0.969. The Morgan fingerprint density at radius 1 is 0.818 bits per heavy atom. The van der Waals surface area contributed by atoms with Crippen molar-refractivity contribution in [2.45, 2.75) is 76.0 Å². The normalized spacial score (nSPS) is 22.0. The molecule has 7 rings (SSSR count). The highest BCUT2D eigenvalue weighted by Crippen LogP contribution is 2.47. The van der Waals surface area contributed by atoms with Gasteiger partial charge in [0.25, 0.3) is 0 Å². The number of amides is 4. The van der Waals surface area contributed by atoms with Crippen LogP contribution in [-0.2, 0) is 19.1 Å². The highest BCUT2D eigenvalue weighted by Gasteiger charge is 2.61. The number of benzene rings is 2. The fourth-order valence-corrected chi connectivity index (χ4v) is 7.70. The maximum Gasteiger partial charge on any atom is 0.407 e. The summed E-state index contributed by atoms with van der Waals surface area (Å²) < 4.78 is 9.48. The van der Waals surface area contributed by atoms with Gasteiger partial charge in [0, 0.05) is 24.2 Å². The molecule has 1 aliphatic carbocycles. The number of methoxy groups -OCH3 is 2. The maximum absolute atomic E-state index is 13.6. The summed E-state index contributed by atoms with van der Waals surface area (Å²) in [6.45, 7) is 5.02. The second kappa shape index (κ2) is 15.7. The molecule has 1 saturated carbocycles. The van der Waals surface area contributed by atoms with Gasteiger partial charge in [-0.25, -0.2) is 19.6 Å². The Hall–Kier alpha value is -6.10. The molecule has 2 aromatic heterocycles. The molecule has 3 fully saturated rings. The van der Waals surface area contributed by atoms with Gasteiger partial charge in [-0.1, -0.05) is 50.0 Å². The lowest BCUT2D eigenvalue weighted by molar-refractivity contribution is -0.136. The van der Waals surface area contributed by atoms with Crippen LogP contribution < -0.4 is 10.6 Å². The summed E-state index contributed by atoms with van der Waals surface area (Å²) >= 11 is 0. The Kier molecular flexibility index (Phi) is 10.6. The van der Waals surface area contributed by atoms with Crippen LogP contribution in [0.5, 0.6) is 0 Å². The van der Waals surface area contributed by atoms with Crippen LogP contribution in [-0.4, -0.2) is 92.6 Å². The second-order valence-corrected chi connectivity index (χ2v) is 14.4. The molecular weight excluding hydrogens is 701 g/mol. The predicted octanol–water partition coefficient (Wildman–Crippen LogP) is 5.46. The summed E-state index contributed by atoms with van der Waals surface area (Å²) in [4.78, 5) is 70.4. The van der Waals surface area contributed by atoms with Crippen LogP contribution in [0.15, 0.2) is 60.9 Å². The van der Waals surface area contributed by atoms with Crippen molar-refractivity contribution in [1.82, 2.24) is 40.4 Å². The van der Waals surface area contributed by atoms with Gasteiger partial charge in [-0.15, -0.1) is 0 Å². The second-order valence-electron chi connectivity index (χ2n) is 14.4. The van der Waals surface area contributed by atoms with Crippen molar-refractivity contribution in [3.63, 3.8) is 0 Å². The van der Waals surface area contributed by atoms with Gasteiger partial charge in [0.2, 0.25) is 11.8 Å². The minimum atomic E-state index is -0.915. The number of ether oxygens (including phenoxy) is 2. The molecule has 2 aromatic carbocycles. The maximum atomic E-state index is 13.6. The first-order valence-electron chi connectivity index (χ1n) is 18.8. The molecule has 4 amide bonds. The Morgan fingerprint density at radius 2 is 1.31 bits per heavy atom. The van der Waals surface area contributed by atoms with Crippen molar-refractivity contribution in [2.24, 2.45) is 5.92 Å². The minimum Gasteiger partial charge on any atom is -0.453 e. The number of rotatable bonds is 9. The quantitative estimate of drug-likeness (QED) is 0.163. The van der Waals surface area contributed by atoms with Crippen LogP contribution in [0, 0.1) is 17.8 Å². The Morgan fingerprint density at radius 3 is 1.78 bits per heavy atom. The van der Waals surface area contributed by atoms with E-state index < -0.39 is 23.8 Å². The number of hydrogen-bond acceptors (Lipinski definition) is 8. The van der Waals surface area contributed by atoms with Crippen LogP contribution in [0.3, 0.4) is 0 Å². The summed E-state index contributed by atoms with van der Waals surface area (Å²) in [5, 5.41) is 5.42. The largest absolute Gasteiger partial charge is 0.453 e. The summed E-state index contributed by atoms with van der Waals surface area (Å²) in [6, 6.07) is 14.8. The van der Waals surface area contributed by atoms with Crippen molar-refractivity contribution in [3.05, 3.63) is 83.7 Å². The smallest absolute Gasteiger partial charge is 0.407 e. The number of nitrogens with zero attached hydrogens (tertiary/aromatic N) is 4. The lowest BCUT2D eigenvalue weighted by Gasteiger charge is -2.28. The Labute approximate surface area is 319 Å². The zero-order valence-corrected chi connectivity index (χ0v) is 31.5. The molecule has 3 aliphatic rings. The molecule has 0 radical (unpaired) electrons. The molecule has 2 aliphatic heterocycles. The third kappa shape index (κ3) is 7.64. The molecule has 1 unspecified atom stereocenters. The fraction of sp³-hybridized carbons (Fsp3) is 0.415. The van der Waals surface area contributed by atoms with Crippen LogP contribution >= 0.6 is 0 Å². The molecule has 286 valence electrons. The van der Waals surface area contributed by atoms with E-state index in [0.717, 1.165) is 65.1 Å². The standard InChI is InChI=1S/C41H46N8O6/c1-5-30(46-39(52)54-3)37(50)48-20-6-8-33(48)35-42-23-31(44-35)28-16-12-26(13-17-28)10-11-27-14-18-29(19-15-27)32-24-43-36(45-32)34-9-7-21-49(34)38(51)41(22-25(41)2)47-40(53)55-4/h12-19,23-25,30,33-34H,5-9,20-22H2,1-4H3,(H,42,44)(H,43,45)(H,46,52)(H,47,53)/t25-,30-,33-,34-,41?/m0/s1. The molecule has 5 atom stereocenters. The van der Waals surface area contributed by atoms with Crippen molar-refractivity contribution in [2.75, 3.05) is 27.3 Å². The Bertz CT molecular complexity index is 2120. The molecular formula is C41H46N8O6. The lowest BCUT2D eigenvalue weighted by Crippen LogP contribution is -2.51. The van der Waals surface area contributed by atoms with E-state index in [-0.39, 0.29) is 29.8 Å². The number of aromatic nitrogens is 4. The third-order valence-corrected chi connectivity index (χ3v) is 11.0. The number of imidazole rings is 2. The highest BCUT2D eigenvalue weighted by molar-refractivity contribution is 5.94. The monoisotopic (exact) mass is 746 g/mol. The summed E-state index contributed by atoms with van der Waals surface area (Å²) in [6.07, 6.45) is 6.68. The summed E-state index contributed by atoms with van der Waals surface area (Å²) in [5.41, 5.74) is 4.41. The van der Waals surface area contributed by atoms with E-state index in [1.165, 1.54) is 14.2 Å². The van der Waals surface area contributed by atoms with Gasteiger partial charge in [-0.05, 0) is 79.8 Å². The number of nitrogens with one attached hydrogen (secondary N) is 4. The van der Waals surface area contributed by atoms with Gasteiger partial charge in [-0.2, -0.15) is 0 Å². The van der Waals surface area contributed by atoms with E-state index in [1.54, 1.807) is 17.3 Å². The SMILES string of the molecule is CC[C@H](NC(=O)OC)C(=O)N1CCC[C@H]1c1ncc(-c2ccc(C#Cc3ccc(-c4cnc([C@@H]5CCCN5C(=O)C5(NC(=O)OC)C[C@@H]5C)[nH]4)cc3)cc2)[nH]1. The highest BCUT2D eigenvalue weighted by atomic mass is 16.5. The number of aromatic amines is 2. The zero-order chi connectivity index (χ0) is 38.7. The third-order valence-electron chi connectivity index (χ3n) is 11.0. The van der Waals surface area contributed by atoms with Gasteiger partial charge >= 0.3 is 12.2 Å². The molecule has 14 nitrogen and oxygen atoms in total. The first-order valence-corrected chi connectivity index (χ1v) is 18.8. The summed E-state index contributed by atoms with van der Waals surface area (Å²) in [7, 11) is 2.58. The van der Waals surface area contributed by atoms with Crippen molar-refractivity contribution >= 4 is 24.0 Å². The van der Waals surface area contributed by atoms with Gasteiger partial charge in [0.05, 0.1) is 50.1 Å². The minimum absolute atomic E-state index is 0.0401. The van der Waals surface area contributed by atoms with Gasteiger partial charge in [0.15, 0.2) is 0 Å². The molecule has 55 heavy (non-hydrogen) atoms. The fourth-order valence-electron chi connectivity index (χ4n) is 7.70. The molecule has 4 aromatic rings. The lowest BCUT2D eigenvalue weighted by atomic mass is 10.1. The molecule has 4 heterocycles.